The van der Waals surface area contributed by atoms with Crippen molar-refractivity contribution in [1.82, 2.24) is 5.32 Å². The van der Waals surface area contributed by atoms with Crippen molar-refractivity contribution in [2.45, 2.75) is 4.90 Å². The van der Waals surface area contributed by atoms with E-state index in [1.165, 1.54) is 26.4 Å². The summed E-state index contributed by atoms with van der Waals surface area (Å²) >= 11 is 3.30. The van der Waals surface area contributed by atoms with Gasteiger partial charge in [0.1, 0.15) is 17.2 Å². The van der Waals surface area contributed by atoms with Crippen LogP contribution >= 0.6 is 15.9 Å². The van der Waals surface area contributed by atoms with E-state index >= 15 is 0 Å². The first kappa shape index (κ1) is 27.2. The van der Waals surface area contributed by atoms with Gasteiger partial charge in [0.15, 0.2) is 0 Å². The molecule has 3 rings (SSSR count). The van der Waals surface area contributed by atoms with Crippen LogP contribution in [-0.4, -0.2) is 54.1 Å². The molecule has 0 aliphatic carbocycles. The molecule has 0 spiro atoms. The zero-order chi connectivity index (χ0) is 26.1. The molecule has 36 heavy (non-hydrogen) atoms. The summed E-state index contributed by atoms with van der Waals surface area (Å²) in [5.74, 6) is -0.888. The summed E-state index contributed by atoms with van der Waals surface area (Å²) in [6.07, 6.45) is 0. The normalized spacial score (nSPS) is 11.0. The second kappa shape index (κ2) is 12.5. The van der Waals surface area contributed by atoms with Crippen LogP contribution in [0.5, 0.6) is 5.75 Å². The molecule has 0 radical (unpaired) electrons. The van der Waals surface area contributed by atoms with E-state index in [0.717, 1.165) is 4.31 Å². The molecule has 0 aliphatic rings. The van der Waals surface area contributed by atoms with Crippen molar-refractivity contribution in [1.29, 1.82) is 0 Å². The number of para-hydroxylation sites is 2. The van der Waals surface area contributed by atoms with E-state index in [0.29, 0.717) is 23.3 Å². The smallest absolute Gasteiger partial charge is 0.268 e. The lowest BCUT2D eigenvalue weighted by atomic mass is 10.1. The Labute approximate surface area is 218 Å². The van der Waals surface area contributed by atoms with E-state index < -0.39 is 28.4 Å². The van der Waals surface area contributed by atoms with Crippen LogP contribution < -0.4 is 19.7 Å². The molecule has 0 aliphatic heterocycles. The van der Waals surface area contributed by atoms with E-state index in [2.05, 4.69) is 26.6 Å². The molecule has 2 N–H and O–H groups in total. The number of hydrogen-bond donors (Lipinski definition) is 2. The highest BCUT2D eigenvalue weighted by Crippen LogP contribution is 2.32. The molecule has 0 heterocycles. The predicted octanol–water partition coefficient (Wildman–Crippen LogP) is 3.67. The molecular formula is C25H26BrN3O6S. The lowest BCUT2D eigenvalue weighted by Crippen LogP contribution is -2.38. The van der Waals surface area contributed by atoms with Crippen molar-refractivity contribution in [3.05, 3.63) is 82.8 Å². The number of nitrogens with zero attached hydrogens (tertiary/aromatic N) is 1. The molecule has 0 saturated heterocycles. The van der Waals surface area contributed by atoms with Gasteiger partial charge in [-0.1, -0.05) is 46.3 Å². The highest BCUT2D eigenvalue weighted by Gasteiger charge is 2.30. The minimum atomic E-state index is -4.22. The van der Waals surface area contributed by atoms with Crippen molar-refractivity contribution in [2.75, 3.05) is 43.5 Å². The number of carbonyl (C=O) groups excluding carboxylic acids is 2. The summed E-state index contributed by atoms with van der Waals surface area (Å²) in [6, 6.07) is 19.3. The molecule has 0 aromatic heterocycles. The number of anilines is 2. The molecule has 3 aromatic carbocycles. The Morgan fingerprint density at radius 3 is 2.36 bits per heavy atom. The third-order valence-electron chi connectivity index (χ3n) is 5.06. The minimum Gasteiger partial charge on any atom is -0.495 e. The number of halogens is 1. The van der Waals surface area contributed by atoms with Crippen LogP contribution in [0.3, 0.4) is 0 Å². The fraction of sp³-hybridized carbons (Fsp3) is 0.200. The van der Waals surface area contributed by atoms with E-state index in [4.69, 9.17) is 9.47 Å². The topological polar surface area (TPSA) is 114 Å². The monoisotopic (exact) mass is 575 g/mol. The van der Waals surface area contributed by atoms with Crippen LogP contribution in [0, 0.1) is 0 Å². The lowest BCUT2D eigenvalue weighted by molar-refractivity contribution is -0.114. The molecule has 11 heteroatoms. The summed E-state index contributed by atoms with van der Waals surface area (Å²) in [5, 5.41) is 5.37. The number of carbonyl (C=O) groups is 2. The maximum absolute atomic E-state index is 13.7. The summed E-state index contributed by atoms with van der Waals surface area (Å²) in [5.41, 5.74) is 0.785. The van der Waals surface area contributed by atoms with Gasteiger partial charge < -0.3 is 20.1 Å². The van der Waals surface area contributed by atoms with Gasteiger partial charge in [0, 0.05) is 18.1 Å². The highest BCUT2D eigenvalue weighted by atomic mass is 79.9. The Morgan fingerprint density at radius 1 is 0.972 bits per heavy atom. The molecule has 0 unspecified atom stereocenters. The average Bonchev–Trinajstić information content (AvgIpc) is 2.88. The van der Waals surface area contributed by atoms with E-state index in [1.807, 2.05) is 0 Å². The van der Waals surface area contributed by atoms with Gasteiger partial charge in [0.05, 0.1) is 30.7 Å². The van der Waals surface area contributed by atoms with Gasteiger partial charge in [-0.05, 0) is 42.5 Å². The molecular weight excluding hydrogens is 550 g/mol. The standard InChI is InChI=1S/C25H26BrN3O6S/c1-34-15-14-27-25(31)20-10-6-7-11-21(20)28-24(30)17-29(19-8-4-3-5-9-19)36(32,33)23-16-18(26)12-13-22(23)35-2/h3-13,16H,14-15,17H2,1-2H3,(H,27,31)(H,28,30). The third-order valence-corrected chi connectivity index (χ3v) is 7.35. The molecule has 9 nitrogen and oxygen atoms in total. The van der Waals surface area contributed by atoms with Crippen molar-refractivity contribution in [3.8, 4) is 5.75 Å². The van der Waals surface area contributed by atoms with Gasteiger partial charge in [-0.15, -0.1) is 0 Å². The number of amides is 2. The Balaban J connectivity index is 1.92. The third kappa shape index (κ3) is 6.62. The maximum Gasteiger partial charge on any atom is 0.268 e. The Morgan fingerprint density at radius 2 is 1.67 bits per heavy atom. The molecule has 3 aromatic rings. The SMILES string of the molecule is COCCNC(=O)c1ccccc1NC(=O)CN(c1ccccc1)S(=O)(=O)c1cc(Br)ccc1OC. The second-order valence-electron chi connectivity index (χ2n) is 7.48. The summed E-state index contributed by atoms with van der Waals surface area (Å²) in [4.78, 5) is 25.6. The van der Waals surface area contributed by atoms with E-state index in [-0.39, 0.29) is 21.9 Å². The number of ether oxygens (including phenoxy) is 2. The molecule has 190 valence electrons. The fourth-order valence-electron chi connectivity index (χ4n) is 3.35. The first-order chi connectivity index (χ1) is 17.3. The van der Waals surface area contributed by atoms with E-state index in [9.17, 15) is 18.0 Å². The Bertz CT molecular complexity index is 1320. The number of sulfonamides is 1. The number of benzene rings is 3. The summed E-state index contributed by atoms with van der Waals surface area (Å²) in [6.45, 7) is 0.0942. The zero-order valence-electron chi connectivity index (χ0n) is 19.7. The first-order valence-electron chi connectivity index (χ1n) is 10.8. The number of nitrogens with one attached hydrogen (secondary N) is 2. The van der Waals surface area contributed by atoms with Crippen LogP contribution in [0.2, 0.25) is 0 Å². The van der Waals surface area contributed by atoms with Crippen LogP contribution in [0.4, 0.5) is 11.4 Å². The van der Waals surface area contributed by atoms with Gasteiger partial charge >= 0.3 is 0 Å². The van der Waals surface area contributed by atoms with Gasteiger partial charge in [0.2, 0.25) is 5.91 Å². The van der Waals surface area contributed by atoms with Crippen LogP contribution in [-0.2, 0) is 19.6 Å². The number of methoxy groups -OCH3 is 2. The largest absolute Gasteiger partial charge is 0.495 e. The molecule has 2 amide bonds. The number of hydrogen-bond acceptors (Lipinski definition) is 6. The summed E-state index contributed by atoms with van der Waals surface area (Å²) < 4.78 is 39.2. The van der Waals surface area contributed by atoms with Crippen molar-refractivity contribution in [2.24, 2.45) is 0 Å². The molecule has 0 saturated carbocycles. The second-order valence-corrected chi connectivity index (χ2v) is 10.2. The quantitative estimate of drug-likeness (QED) is 0.337. The van der Waals surface area contributed by atoms with Gasteiger partial charge in [0.25, 0.3) is 15.9 Å². The molecule has 0 bridgehead atoms. The lowest BCUT2D eigenvalue weighted by Gasteiger charge is -2.25. The van der Waals surface area contributed by atoms with Crippen molar-refractivity contribution < 1.29 is 27.5 Å². The van der Waals surface area contributed by atoms with Gasteiger partial charge in [-0.3, -0.25) is 13.9 Å². The van der Waals surface area contributed by atoms with Crippen molar-refractivity contribution >= 4 is 49.1 Å². The maximum atomic E-state index is 13.7. The fourth-order valence-corrected chi connectivity index (χ4v) is 5.47. The van der Waals surface area contributed by atoms with Gasteiger partial charge in [-0.25, -0.2) is 8.42 Å². The predicted molar refractivity (Wildman–Crippen MR) is 141 cm³/mol. The minimum absolute atomic E-state index is 0.103. The van der Waals surface area contributed by atoms with Crippen LogP contribution in [0.15, 0.2) is 82.2 Å². The average molecular weight is 576 g/mol. The van der Waals surface area contributed by atoms with E-state index in [1.54, 1.807) is 60.7 Å². The van der Waals surface area contributed by atoms with Crippen molar-refractivity contribution in [3.63, 3.8) is 0 Å². The Hall–Kier alpha value is -3.41. The van der Waals surface area contributed by atoms with Crippen LogP contribution in [0.1, 0.15) is 10.4 Å². The first-order valence-corrected chi connectivity index (χ1v) is 13.1. The van der Waals surface area contributed by atoms with Gasteiger partial charge in [-0.2, -0.15) is 0 Å². The number of rotatable bonds is 11. The van der Waals surface area contributed by atoms with Crippen LogP contribution in [0.25, 0.3) is 0 Å². The zero-order valence-corrected chi connectivity index (χ0v) is 22.1. The summed E-state index contributed by atoms with van der Waals surface area (Å²) in [7, 11) is -1.33. The Kier molecular flexibility index (Phi) is 9.45. The molecule has 0 fully saturated rings. The highest BCUT2D eigenvalue weighted by molar-refractivity contribution is 9.10. The molecule has 0 atom stereocenters.